The Labute approximate surface area is 146 Å². The number of rotatable bonds is 2. The molecule has 4 N–H and O–H groups in total. The van der Waals surface area contributed by atoms with E-state index in [-0.39, 0.29) is 11.3 Å². The zero-order chi connectivity index (χ0) is 19.1. The van der Waals surface area contributed by atoms with E-state index in [0.717, 1.165) is 6.07 Å². The van der Waals surface area contributed by atoms with Crippen LogP contribution in [0.5, 0.6) is 0 Å². The molecule has 0 saturated carbocycles. The fourth-order valence-electron chi connectivity index (χ4n) is 2.70. The molecule has 2 aromatic carbocycles. The Kier molecular flexibility index (Phi) is 4.15. The lowest BCUT2D eigenvalue weighted by molar-refractivity contribution is -0.137. The van der Waals surface area contributed by atoms with E-state index in [0.29, 0.717) is 16.6 Å². The minimum absolute atomic E-state index is 0.136. The summed E-state index contributed by atoms with van der Waals surface area (Å²) in [6.07, 6.45) is -3.39. The van der Waals surface area contributed by atoms with Crippen molar-refractivity contribution in [2.75, 3.05) is 0 Å². The van der Waals surface area contributed by atoms with Crippen molar-refractivity contribution >= 4 is 22.9 Å². The van der Waals surface area contributed by atoms with E-state index < -0.39 is 23.6 Å². The number of aromatic nitrogens is 2. The van der Waals surface area contributed by atoms with E-state index in [1.54, 1.807) is 24.3 Å². The molecule has 134 valence electrons. The van der Waals surface area contributed by atoms with Gasteiger partial charge in [0.2, 0.25) is 0 Å². The van der Waals surface area contributed by atoms with Crippen LogP contribution in [0.15, 0.2) is 42.7 Å². The number of hydrogen-bond acceptors (Lipinski definition) is 3. The van der Waals surface area contributed by atoms with Crippen molar-refractivity contribution < 1.29 is 18.0 Å². The number of hydrogen-bond donors (Lipinski definition) is 3. The molecular weight excluding hydrogens is 347 g/mol. The van der Waals surface area contributed by atoms with Gasteiger partial charge in [-0.15, -0.1) is 0 Å². The number of benzene rings is 2. The van der Waals surface area contributed by atoms with Crippen LogP contribution in [0.3, 0.4) is 0 Å². The number of para-hydroxylation sites is 2. The third-order valence-electron chi connectivity index (χ3n) is 3.85. The molecular formula is C17H14F3N5O. The van der Waals surface area contributed by atoms with Gasteiger partial charge in [0.05, 0.1) is 22.3 Å². The van der Waals surface area contributed by atoms with Gasteiger partial charge >= 0.3 is 6.18 Å². The number of carbonyl (C=O) groups is 1. The molecule has 1 aromatic heterocycles. The summed E-state index contributed by atoms with van der Waals surface area (Å²) in [5.41, 5.74) is 5.14. The summed E-state index contributed by atoms with van der Waals surface area (Å²) in [4.78, 5) is 16.2. The van der Waals surface area contributed by atoms with E-state index in [1.807, 2.05) is 5.32 Å². The van der Waals surface area contributed by atoms with Crippen LogP contribution in [0.25, 0.3) is 16.7 Å². The molecule has 0 radical (unpaired) electrons. The number of alkyl halides is 3. The molecule has 1 amide bonds. The minimum Gasteiger partial charge on any atom is -0.370 e. The number of aryl methyl sites for hydroxylation is 1. The minimum atomic E-state index is -4.69. The van der Waals surface area contributed by atoms with Crippen LogP contribution in [0.4, 0.5) is 13.2 Å². The molecule has 3 rings (SSSR count). The molecule has 0 saturated heterocycles. The highest BCUT2D eigenvalue weighted by molar-refractivity contribution is 6.05. The summed E-state index contributed by atoms with van der Waals surface area (Å²) in [6.45, 7) is 1.51. The third-order valence-corrected chi connectivity index (χ3v) is 3.85. The normalized spacial score (nSPS) is 11.5. The van der Waals surface area contributed by atoms with Gasteiger partial charge in [0, 0.05) is 5.56 Å². The second-order valence-corrected chi connectivity index (χ2v) is 5.65. The smallest absolute Gasteiger partial charge is 0.370 e. The molecule has 0 fully saturated rings. The lowest BCUT2D eigenvalue weighted by Gasteiger charge is -2.17. The maximum Gasteiger partial charge on any atom is 0.418 e. The monoisotopic (exact) mass is 361 g/mol. The maximum absolute atomic E-state index is 13.6. The number of nitrogens with two attached hydrogens (primary N) is 1. The SMILES string of the molecule is Cc1cc(-n2cnc3ccccc32)c(C(F)(F)F)cc1C(=O)NC(=N)N. The fraction of sp³-hybridized carbons (Fsp3) is 0.118. The van der Waals surface area contributed by atoms with Crippen LogP contribution in [-0.4, -0.2) is 21.4 Å². The van der Waals surface area contributed by atoms with Gasteiger partial charge in [-0.1, -0.05) is 12.1 Å². The van der Waals surface area contributed by atoms with Crippen LogP contribution in [0.2, 0.25) is 0 Å². The van der Waals surface area contributed by atoms with Gasteiger partial charge in [0.15, 0.2) is 5.96 Å². The molecule has 0 aliphatic heterocycles. The Morgan fingerprint density at radius 3 is 2.62 bits per heavy atom. The van der Waals surface area contributed by atoms with E-state index in [9.17, 15) is 18.0 Å². The highest BCUT2D eigenvalue weighted by Crippen LogP contribution is 2.36. The van der Waals surface area contributed by atoms with Crippen molar-refractivity contribution in [1.29, 1.82) is 5.41 Å². The first-order valence-electron chi connectivity index (χ1n) is 7.48. The van der Waals surface area contributed by atoms with Crippen molar-refractivity contribution in [1.82, 2.24) is 14.9 Å². The lowest BCUT2D eigenvalue weighted by Crippen LogP contribution is -2.36. The Bertz CT molecular complexity index is 1020. The van der Waals surface area contributed by atoms with E-state index in [4.69, 9.17) is 11.1 Å². The summed E-state index contributed by atoms with van der Waals surface area (Å²) in [6, 6.07) is 8.83. The van der Waals surface area contributed by atoms with E-state index in [2.05, 4.69) is 4.98 Å². The average molecular weight is 361 g/mol. The Balaban J connectivity index is 2.24. The van der Waals surface area contributed by atoms with Crippen molar-refractivity contribution in [3.8, 4) is 5.69 Å². The number of fused-ring (bicyclic) bond motifs is 1. The second kappa shape index (κ2) is 6.17. The third kappa shape index (κ3) is 3.10. The van der Waals surface area contributed by atoms with Crippen molar-refractivity contribution in [2.45, 2.75) is 13.1 Å². The lowest BCUT2D eigenvalue weighted by atomic mass is 10.0. The van der Waals surface area contributed by atoms with Gasteiger partial charge in [-0.3, -0.25) is 20.1 Å². The van der Waals surface area contributed by atoms with Gasteiger partial charge in [0.1, 0.15) is 6.33 Å². The molecule has 3 aromatic rings. The van der Waals surface area contributed by atoms with Crippen LogP contribution < -0.4 is 11.1 Å². The zero-order valence-electron chi connectivity index (χ0n) is 13.6. The van der Waals surface area contributed by atoms with Gasteiger partial charge in [-0.2, -0.15) is 13.2 Å². The number of amides is 1. The maximum atomic E-state index is 13.6. The van der Waals surface area contributed by atoms with Gasteiger partial charge in [-0.05, 0) is 36.8 Å². The fourth-order valence-corrected chi connectivity index (χ4v) is 2.70. The van der Waals surface area contributed by atoms with E-state index in [1.165, 1.54) is 23.9 Å². The summed E-state index contributed by atoms with van der Waals surface area (Å²) in [7, 11) is 0. The van der Waals surface area contributed by atoms with Crippen molar-refractivity contribution in [3.63, 3.8) is 0 Å². The quantitative estimate of drug-likeness (QED) is 0.484. The topological polar surface area (TPSA) is 96.8 Å². The Morgan fingerprint density at radius 2 is 1.96 bits per heavy atom. The summed E-state index contributed by atoms with van der Waals surface area (Å²) in [5.74, 6) is -1.52. The zero-order valence-corrected chi connectivity index (χ0v) is 13.6. The Morgan fingerprint density at radius 1 is 1.27 bits per heavy atom. The first-order chi connectivity index (χ1) is 12.2. The predicted molar refractivity (Wildman–Crippen MR) is 90.2 cm³/mol. The number of imidazole rings is 1. The molecule has 0 bridgehead atoms. The Hall–Kier alpha value is -3.36. The van der Waals surface area contributed by atoms with Crippen LogP contribution in [-0.2, 0) is 6.18 Å². The molecule has 26 heavy (non-hydrogen) atoms. The number of nitrogens with zero attached hydrogens (tertiary/aromatic N) is 2. The largest absolute Gasteiger partial charge is 0.418 e. The van der Waals surface area contributed by atoms with Gasteiger partial charge < -0.3 is 5.73 Å². The predicted octanol–water partition coefficient (Wildman–Crippen LogP) is 2.98. The molecule has 0 aliphatic rings. The highest BCUT2D eigenvalue weighted by Gasteiger charge is 2.35. The molecule has 9 heteroatoms. The molecule has 6 nitrogen and oxygen atoms in total. The summed E-state index contributed by atoms with van der Waals surface area (Å²) < 4.78 is 42.3. The molecule has 0 unspecified atom stereocenters. The first-order valence-corrected chi connectivity index (χ1v) is 7.48. The molecule has 0 atom stereocenters. The molecule has 0 spiro atoms. The average Bonchev–Trinajstić information content (AvgIpc) is 2.96. The number of nitrogens with one attached hydrogen (secondary N) is 2. The molecule has 1 heterocycles. The first kappa shape index (κ1) is 17.5. The van der Waals surface area contributed by atoms with Crippen molar-refractivity contribution in [2.24, 2.45) is 5.73 Å². The number of carbonyl (C=O) groups excluding carboxylic acids is 1. The van der Waals surface area contributed by atoms with Crippen LogP contribution in [0, 0.1) is 12.3 Å². The van der Waals surface area contributed by atoms with Crippen LogP contribution in [0.1, 0.15) is 21.5 Å². The second-order valence-electron chi connectivity index (χ2n) is 5.65. The van der Waals surface area contributed by atoms with E-state index >= 15 is 0 Å². The number of guanidine groups is 1. The standard InChI is InChI=1S/C17H14F3N5O/c1-9-6-14(25-8-23-12-4-2-3-5-13(12)25)11(17(18,19)20)7-10(9)15(26)24-16(21)22/h2-8H,1H3,(H4,21,22,24,26). The summed E-state index contributed by atoms with van der Waals surface area (Å²) >= 11 is 0. The molecule has 0 aliphatic carbocycles. The highest BCUT2D eigenvalue weighted by atomic mass is 19.4. The van der Waals surface area contributed by atoms with Crippen LogP contribution >= 0.6 is 0 Å². The van der Waals surface area contributed by atoms with Gasteiger partial charge in [0.25, 0.3) is 5.91 Å². The summed E-state index contributed by atoms with van der Waals surface area (Å²) in [5, 5.41) is 9.08. The van der Waals surface area contributed by atoms with Gasteiger partial charge in [-0.25, -0.2) is 4.98 Å². The van der Waals surface area contributed by atoms with Crippen molar-refractivity contribution in [3.05, 3.63) is 59.4 Å². The number of halogens is 3.